The van der Waals surface area contributed by atoms with Gasteiger partial charge in [-0.25, -0.2) is 0 Å². The fourth-order valence-electron chi connectivity index (χ4n) is 0.497. The molecule has 2 heteroatoms. The molecule has 2 nitrogen and oxygen atoms in total. The SMILES string of the molecule is CCC[C@H](C#N)OC. The highest BCUT2D eigenvalue weighted by Crippen LogP contribution is 1.97. The summed E-state index contributed by atoms with van der Waals surface area (Å²) in [7, 11) is 1.56. The molecule has 0 rings (SSSR count). The van der Waals surface area contributed by atoms with Gasteiger partial charge in [-0.05, 0) is 6.42 Å². The van der Waals surface area contributed by atoms with Crippen molar-refractivity contribution in [3.05, 3.63) is 0 Å². The Kier molecular flexibility index (Phi) is 4.29. The van der Waals surface area contributed by atoms with Crippen LogP contribution in [0.3, 0.4) is 0 Å². The number of nitriles is 1. The molecule has 0 N–H and O–H groups in total. The highest BCUT2D eigenvalue weighted by atomic mass is 16.5. The second-order valence-corrected chi connectivity index (χ2v) is 1.64. The van der Waals surface area contributed by atoms with Gasteiger partial charge < -0.3 is 4.74 Å². The molecule has 0 saturated heterocycles. The van der Waals surface area contributed by atoms with Crippen LogP contribution in [0, 0.1) is 11.3 Å². The molecule has 0 aromatic carbocycles. The standard InChI is InChI=1S/C6H11NO/c1-3-4-6(5-7)8-2/h6H,3-4H2,1-2H3/t6-/m1/s1. The van der Waals surface area contributed by atoms with E-state index in [9.17, 15) is 0 Å². The molecule has 0 aromatic heterocycles. The van der Waals surface area contributed by atoms with Gasteiger partial charge in [0, 0.05) is 7.11 Å². The predicted molar refractivity (Wildman–Crippen MR) is 31.3 cm³/mol. The molecule has 0 aliphatic heterocycles. The van der Waals surface area contributed by atoms with Crippen molar-refractivity contribution in [1.82, 2.24) is 0 Å². The van der Waals surface area contributed by atoms with Crippen molar-refractivity contribution in [3.63, 3.8) is 0 Å². The molecule has 0 unspecified atom stereocenters. The van der Waals surface area contributed by atoms with Gasteiger partial charge in [-0.15, -0.1) is 0 Å². The van der Waals surface area contributed by atoms with Gasteiger partial charge in [0.05, 0.1) is 6.07 Å². The Morgan fingerprint density at radius 1 is 1.75 bits per heavy atom. The van der Waals surface area contributed by atoms with Crippen LogP contribution < -0.4 is 0 Å². The molecule has 0 fully saturated rings. The topological polar surface area (TPSA) is 33.0 Å². The van der Waals surface area contributed by atoms with E-state index in [4.69, 9.17) is 10.00 Å². The Bertz CT molecular complexity index is 85.0. The van der Waals surface area contributed by atoms with Gasteiger partial charge in [0.15, 0.2) is 0 Å². The summed E-state index contributed by atoms with van der Waals surface area (Å²) in [5.74, 6) is 0. The summed E-state index contributed by atoms with van der Waals surface area (Å²) in [4.78, 5) is 0. The zero-order valence-electron chi connectivity index (χ0n) is 5.35. The lowest BCUT2D eigenvalue weighted by Gasteiger charge is -2.01. The number of methoxy groups -OCH3 is 1. The van der Waals surface area contributed by atoms with Crippen LogP contribution in [0.1, 0.15) is 19.8 Å². The molecule has 0 amide bonds. The molecule has 0 saturated carbocycles. The molecule has 8 heavy (non-hydrogen) atoms. The summed E-state index contributed by atoms with van der Waals surface area (Å²) in [6.45, 7) is 2.03. The first-order valence-corrected chi connectivity index (χ1v) is 2.77. The van der Waals surface area contributed by atoms with Crippen molar-refractivity contribution in [2.24, 2.45) is 0 Å². The van der Waals surface area contributed by atoms with E-state index in [1.807, 2.05) is 13.0 Å². The Morgan fingerprint density at radius 2 is 2.38 bits per heavy atom. The maximum absolute atomic E-state index is 8.28. The second-order valence-electron chi connectivity index (χ2n) is 1.64. The molecular weight excluding hydrogens is 102 g/mol. The van der Waals surface area contributed by atoms with Crippen molar-refractivity contribution in [3.8, 4) is 6.07 Å². The Morgan fingerprint density at radius 3 is 2.50 bits per heavy atom. The molecule has 0 heterocycles. The van der Waals surface area contributed by atoms with Crippen molar-refractivity contribution in [2.45, 2.75) is 25.9 Å². The molecule has 0 spiro atoms. The lowest BCUT2D eigenvalue weighted by atomic mass is 10.2. The normalized spacial score (nSPS) is 12.6. The zero-order chi connectivity index (χ0) is 6.41. The largest absolute Gasteiger partial charge is 0.367 e. The van der Waals surface area contributed by atoms with Crippen LogP contribution in [-0.2, 0) is 4.74 Å². The van der Waals surface area contributed by atoms with Crippen LogP contribution in [-0.4, -0.2) is 13.2 Å². The molecular formula is C6H11NO. The number of ether oxygens (including phenoxy) is 1. The minimum atomic E-state index is -0.194. The predicted octanol–water partition coefficient (Wildman–Crippen LogP) is 1.33. The third-order valence-electron chi connectivity index (χ3n) is 0.979. The van der Waals surface area contributed by atoms with Gasteiger partial charge >= 0.3 is 0 Å². The van der Waals surface area contributed by atoms with E-state index in [1.54, 1.807) is 7.11 Å². The summed E-state index contributed by atoms with van der Waals surface area (Å²) < 4.78 is 4.78. The van der Waals surface area contributed by atoms with Crippen LogP contribution in [0.2, 0.25) is 0 Å². The van der Waals surface area contributed by atoms with Gasteiger partial charge in [-0.3, -0.25) is 0 Å². The summed E-state index contributed by atoms with van der Waals surface area (Å²) >= 11 is 0. The van der Waals surface area contributed by atoms with E-state index in [1.165, 1.54) is 0 Å². The monoisotopic (exact) mass is 113 g/mol. The Labute approximate surface area is 50.1 Å². The van der Waals surface area contributed by atoms with E-state index in [-0.39, 0.29) is 6.10 Å². The van der Waals surface area contributed by atoms with Crippen LogP contribution in [0.25, 0.3) is 0 Å². The highest BCUT2D eigenvalue weighted by molar-refractivity contribution is 4.82. The molecule has 0 bridgehead atoms. The first-order chi connectivity index (χ1) is 3.85. The minimum Gasteiger partial charge on any atom is -0.367 e. The van der Waals surface area contributed by atoms with Gasteiger partial charge in [0.2, 0.25) is 0 Å². The average molecular weight is 113 g/mol. The minimum absolute atomic E-state index is 0.194. The van der Waals surface area contributed by atoms with E-state index < -0.39 is 0 Å². The molecule has 0 aliphatic rings. The molecule has 0 aromatic rings. The van der Waals surface area contributed by atoms with Crippen LogP contribution in [0.5, 0.6) is 0 Å². The van der Waals surface area contributed by atoms with Crippen LogP contribution in [0.15, 0.2) is 0 Å². The van der Waals surface area contributed by atoms with Gasteiger partial charge in [-0.2, -0.15) is 5.26 Å². The molecule has 46 valence electrons. The maximum atomic E-state index is 8.28. The maximum Gasteiger partial charge on any atom is 0.143 e. The summed E-state index contributed by atoms with van der Waals surface area (Å²) in [5, 5.41) is 8.28. The van der Waals surface area contributed by atoms with E-state index >= 15 is 0 Å². The molecule has 1 atom stereocenters. The lowest BCUT2D eigenvalue weighted by molar-refractivity contribution is 0.138. The third-order valence-corrected chi connectivity index (χ3v) is 0.979. The fraction of sp³-hybridized carbons (Fsp3) is 0.833. The zero-order valence-corrected chi connectivity index (χ0v) is 5.35. The lowest BCUT2D eigenvalue weighted by Crippen LogP contribution is -2.05. The number of hydrogen-bond donors (Lipinski definition) is 0. The summed E-state index contributed by atoms with van der Waals surface area (Å²) in [6.07, 6.45) is 1.65. The van der Waals surface area contributed by atoms with Crippen molar-refractivity contribution >= 4 is 0 Å². The quantitative estimate of drug-likeness (QED) is 0.553. The van der Waals surface area contributed by atoms with Gasteiger partial charge in [-0.1, -0.05) is 13.3 Å². The Hall–Kier alpha value is -0.550. The molecule has 0 aliphatic carbocycles. The first-order valence-electron chi connectivity index (χ1n) is 2.77. The Balaban J connectivity index is 3.26. The second kappa shape index (κ2) is 4.61. The highest BCUT2D eigenvalue weighted by Gasteiger charge is 1.99. The molecule has 0 radical (unpaired) electrons. The van der Waals surface area contributed by atoms with Gasteiger partial charge in [0.25, 0.3) is 0 Å². The number of hydrogen-bond acceptors (Lipinski definition) is 2. The van der Waals surface area contributed by atoms with Crippen LogP contribution in [0.4, 0.5) is 0 Å². The number of nitrogens with zero attached hydrogens (tertiary/aromatic N) is 1. The fourth-order valence-corrected chi connectivity index (χ4v) is 0.497. The summed E-state index contributed by atoms with van der Waals surface area (Å²) in [5.41, 5.74) is 0. The first kappa shape index (κ1) is 7.45. The van der Waals surface area contributed by atoms with E-state index in [0.29, 0.717) is 0 Å². The third kappa shape index (κ3) is 2.59. The smallest absolute Gasteiger partial charge is 0.143 e. The summed E-state index contributed by atoms with van der Waals surface area (Å²) in [6, 6.07) is 2.03. The number of rotatable bonds is 3. The van der Waals surface area contributed by atoms with Gasteiger partial charge in [0.1, 0.15) is 6.10 Å². The van der Waals surface area contributed by atoms with E-state index in [2.05, 4.69) is 0 Å². The van der Waals surface area contributed by atoms with Crippen molar-refractivity contribution < 1.29 is 4.74 Å². The van der Waals surface area contributed by atoms with Crippen molar-refractivity contribution in [2.75, 3.05) is 7.11 Å². The van der Waals surface area contributed by atoms with E-state index in [0.717, 1.165) is 12.8 Å². The van der Waals surface area contributed by atoms with Crippen molar-refractivity contribution in [1.29, 1.82) is 5.26 Å². The van der Waals surface area contributed by atoms with Crippen LogP contribution >= 0.6 is 0 Å². The average Bonchev–Trinajstić information content (AvgIpc) is 1.83.